The van der Waals surface area contributed by atoms with Crippen LogP contribution >= 0.6 is 0 Å². The van der Waals surface area contributed by atoms with E-state index >= 15 is 0 Å². The molecule has 0 unspecified atom stereocenters. The number of hydrogen-bond donors (Lipinski definition) is 0. The Kier molecular flexibility index (Phi) is 4.94. The Morgan fingerprint density at radius 3 is 2.60 bits per heavy atom. The smallest absolute Gasteiger partial charge is 0.175 e. The Labute approximate surface area is 148 Å². The van der Waals surface area contributed by atoms with E-state index in [1.807, 2.05) is 25.3 Å². The van der Waals surface area contributed by atoms with Gasteiger partial charge in [0.2, 0.25) is 0 Å². The summed E-state index contributed by atoms with van der Waals surface area (Å²) in [5.41, 5.74) is 0.980. The minimum absolute atomic E-state index is 0.696. The second-order valence-electron chi connectivity index (χ2n) is 7.02. The first-order valence-corrected chi connectivity index (χ1v) is 9.19. The summed E-state index contributed by atoms with van der Waals surface area (Å²) >= 11 is 0. The molecule has 1 atom stereocenters. The molecule has 4 rings (SSSR count). The Hall–Kier alpha value is -1.99. The van der Waals surface area contributed by atoms with Gasteiger partial charge in [-0.05, 0) is 43.9 Å². The van der Waals surface area contributed by atoms with Gasteiger partial charge in [-0.1, -0.05) is 0 Å². The topological polar surface area (TPSA) is 59.3 Å². The lowest BCUT2D eigenvalue weighted by molar-refractivity contribution is 0.0296. The standard InChI is InChI=1S/C18H26N6O/c1-15-6-8-24(21-15)18-5-4-17(19-20-18)23-7-2-3-16(14-23)13-22-9-11-25-12-10-22/h4-6,8,16H,2-3,7,9-14H2,1H3/t16-/m0/s1. The van der Waals surface area contributed by atoms with Crippen molar-refractivity contribution in [2.45, 2.75) is 19.8 Å². The number of hydrogen-bond acceptors (Lipinski definition) is 6. The molecule has 0 bridgehead atoms. The van der Waals surface area contributed by atoms with E-state index in [2.05, 4.69) is 31.2 Å². The minimum Gasteiger partial charge on any atom is -0.379 e. The number of piperidine rings is 1. The van der Waals surface area contributed by atoms with Gasteiger partial charge in [0.15, 0.2) is 11.6 Å². The SMILES string of the molecule is Cc1ccn(-c2ccc(N3CCC[C@@H](CN4CCOCC4)C3)nn2)n1. The summed E-state index contributed by atoms with van der Waals surface area (Å²) in [4.78, 5) is 4.91. The molecule has 0 spiro atoms. The van der Waals surface area contributed by atoms with Gasteiger partial charge in [-0.15, -0.1) is 10.2 Å². The van der Waals surface area contributed by atoms with Crippen LogP contribution in [-0.4, -0.2) is 70.8 Å². The van der Waals surface area contributed by atoms with E-state index in [4.69, 9.17) is 4.74 Å². The Morgan fingerprint density at radius 2 is 1.88 bits per heavy atom. The van der Waals surface area contributed by atoms with E-state index in [-0.39, 0.29) is 0 Å². The highest BCUT2D eigenvalue weighted by molar-refractivity contribution is 5.40. The molecule has 7 heteroatoms. The molecule has 7 nitrogen and oxygen atoms in total. The first-order valence-electron chi connectivity index (χ1n) is 9.19. The fourth-order valence-electron chi connectivity index (χ4n) is 3.72. The molecule has 0 N–H and O–H groups in total. The lowest BCUT2D eigenvalue weighted by Gasteiger charge is -2.37. The zero-order valence-electron chi connectivity index (χ0n) is 14.8. The minimum atomic E-state index is 0.696. The molecule has 2 aliphatic heterocycles. The van der Waals surface area contributed by atoms with Crippen LogP contribution in [0.25, 0.3) is 5.82 Å². The summed E-state index contributed by atoms with van der Waals surface area (Å²) in [6.45, 7) is 9.13. The fourth-order valence-corrected chi connectivity index (χ4v) is 3.72. The molecule has 25 heavy (non-hydrogen) atoms. The van der Waals surface area contributed by atoms with Crippen molar-refractivity contribution >= 4 is 5.82 Å². The van der Waals surface area contributed by atoms with Crippen LogP contribution in [0.4, 0.5) is 5.82 Å². The Bertz CT molecular complexity index is 679. The van der Waals surface area contributed by atoms with Gasteiger partial charge in [-0.3, -0.25) is 4.90 Å². The molecule has 0 saturated carbocycles. The first-order chi connectivity index (χ1) is 12.3. The molecule has 2 fully saturated rings. The van der Waals surface area contributed by atoms with Crippen LogP contribution in [0.15, 0.2) is 24.4 Å². The molecule has 2 aromatic rings. The third-order valence-electron chi connectivity index (χ3n) is 5.06. The van der Waals surface area contributed by atoms with E-state index in [1.54, 1.807) is 4.68 Å². The molecule has 0 radical (unpaired) electrons. The van der Waals surface area contributed by atoms with E-state index < -0.39 is 0 Å². The second-order valence-corrected chi connectivity index (χ2v) is 7.02. The van der Waals surface area contributed by atoms with Gasteiger partial charge in [0.05, 0.1) is 18.9 Å². The highest BCUT2D eigenvalue weighted by atomic mass is 16.5. The summed E-state index contributed by atoms with van der Waals surface area (Å²) < 4.78 is 7.22. The summed E-state index contributed by atoms with van der Waals surface area (Å²) in [7, 11) is 0. The molecule has 4 heterocycles. The summed E-state index contributed by atoms with van der Waals surface area (Å²) in [5, 5.41) is 13.2. The fraction of sp³-hybridized carbons (Fsp3) is 0.611. The third-order valence-corrected chi connectivity index (χ3v) is 5.06. The number of aromatic nitrogens is 4. The number of anilines is 1. The van der Waals surface area contributed by atoms with Gasteiger partial charge in [0.25, 0.3) is 0 Å². The molecule has 134 valence electrons. The third kappa shape index (κ3) is 3.99. The Morgan fingerprint density at radius 1 is 1.08 bits per heavy atom. The maximum atomic E-state index is 5.45. The van der Waals surface area contributed by atoms with Crippen LogP contribution in [0, 0.1) is 12.8 Å². The first kappa shape index (κ1) is 16.5. The predicted octanol–water partition coefficient (Wildman–Crippen LogP) is 1.52. The lowest BCUT2D eigenvalue weighted by Crippen LogP contribution is -2.44. The monoisotopic (exact) mass is 342 g/mol. The summed E-state index contributed by atoms with van der Waals surface area (Å²) in [6, 6.07) is 6.04. The van der Waals surface area contributed by atoms with Crippen molar-refractivity contribution in [3.05, 3.63) is 30.1 Å². The maximum Gasteiger partial charge on any atom is 0.175 e. The normalized spacial score (nSPS) is 22.3. The maximum absolute atomic E-state index is 5.45. The van der Waals surface area contributed by atoms with E-state index in [1.165, 1.54) is 12.8 Å². The molecule has 2 aliphatic rings. The van der Waals surface area contributed by atoms with Gasteiger partial charge in [-0.25, -0.2) is 4.68 Å². The van der Waals surface area contributed by atoms with Crippen LogP contribution in [0.1, 0.15) is 18.5 Å². The number of ether oxygens (including phenoxy) is 1. The molecule has 0 aromatic carbocycles. The van der Waals surface area contributed by atoms with Crippen LogP contribution < -0.4 is 4.90 Å². The average molecular weight is 342 g/mol. The van der Waals surface area contributed by atoms with Crippen molar-refractivity contribution in [1.82, 2.24) is 24.9 Å². The van der Waals surface area contributed by atoms with Gasteiger partial charge in [0, 0.05) is 38.9 Å². The molecule has 2 aromatic heterocycles. The summed E-state index contributed by atoms with van der Waals surface area (Å²) in [5.74, 6) is 2.43. The largest absolute Gasteiger partial charge is 0.379 e. The average Bonchev–Trinajstić information content (AvgIpc) is 3.09. The number of nitrogens with zero attached hydrogens (tertiary/aromatic N) is 6. The van der Waals surface area contributed by atoms with Gasteiger partial charge in [-0.2, -0.15) is 5.10 Å². The van der Waals surface area contributed by atoms with Gasteiger partial charge in [0.1, 0.15) is 0 Å². The number of aryl methyl sites for hydroxylation is 1. The number of morpholine rings is 1. The Balaban J connectivity index is 1.39. The molecule has 2 saturated heterocycles. The molecule has 0 amide bonds. The van der Waals surface area contributed by atoms with Crippen LogP contribution in [-0.2, 0) is 4.74 Å². The van der Waals surface area contributed by atoms with Gasteiger partial charge < -0.3 is 9.64 Å². The van der Waals surface area contributed by atoms with E-state index in [0.29, 0.717) is 5.92 Å². The van der Waals surface area contributed by atoms with Crippen LogP contribution in [0.5, 0.6) is 0 Å². The molecule has 0 aliphatic carbocycles. The van der Waals surface area contributed by atoms with E-state index in [9.17, 15) is 0 Å². The highest BCUT2D eigenvalue weighted by Crippen LogP contribution is 2.22. The lowest BCUT2D eigenvalue weighted by atomic mass is 9.97. The number of rotatable bonds is 4. The van der Waals surface area contributed by atoms with Crippen molar-refractivity contribution in [3.8, 4) is 5.82 Å². The molecular formula is C18H26N6O. The quantitative estimate of drug-likeness (QED) is 0.840. The predicted molar refractivity (Wildman–Crippen MR) is 96.1 cm³/mol. The highest BCUT2D eigenvalue weighted by Gasteiger charge is 2.24. The van der Waals surface area contributed by atoms with Crippen LogP contribution in [0.3, 0.4) is 0 Å². The van der Waals surface area contributed by atoms with Crippen molar-refractivity contribution < 1.29 is 4.74 Å². The summed E-state index contributed by atoms with van der Waals surface area (Å²) in [6.07, 6.45) is 4.43. The van der Waals surface area contributed by atoms with Crippen molar-refractivity contribution in [2.24, 2.45) is 5.92 Å². The zero-order chi connectivity index (χ0) is 17.1. The van der Waals surface area contributed by atoms with Gasteiger partial charge >= 0.3 is 0 Å². The second kappa shape index (κ2) is 7.49. The van der Waals surface area contributed by atoms with E-state index in [0.717, 1.165) is 63.3 Å². The van der Waals surface area contributed by atoms with Crippen molar-refractivity contribution in [3.63, 3.8) is 0 Å². The van der Waals surface area contributed by atoms with Crippen molar-refractivity contribution in [1.29, 1.82) is 0 Å². The molecular weight excluding hydrogens is 316 g/mol. The van der Waals surface area contributed by atoms with Crippen molar-refractivity contribution in [2.75, 3.05) is 50.8 Å². The zero-order valence-corrected chi connectivity index (χ0v) is 14.8. The van der Waals surface area contributed by atoms with Crippen LogP contribution in [0.2, 0.25) is 0 Å².